The summed E-state index contributed by atoms with van der Waals surface area (Å²) in [4.78, 5) is 25.0. The van der Waals surface area contributed by atoms with Gasteiger partial charge < -0.3 is 15.3 Å². The first kappa shape index (κ1) is 15.1. The van der Waals surface area contributed by atoms with Crippen molar-refractivity contribution in [1.29, 1.82) is 0 Å². The Hall–Kier alpha value is -1.26. The minimum atomic E-state index is -0.792. The van der Waals surface area contributed by atoms with Gasteiger partial charge in [0, 0.05) is 25.6 Å². The van der Waals surface area contributed by atoms with Crippen LogP contribution >= 0.6 is 0 Å². The number of carbonyl (C=O) groups excluding carboxylic acids is 1. The Morgan fingerprint density at radius 2 is 2.05 bits per heavy atom. The van der Waals surface area contributed by atoms with Crippen molar-refractivity contribution in [2.45, 2.75) is 57.9 Å². The lowest BCUT2D eigenvalue weighted by Gasteiger charge is -2.32. The number of amides is 2. The molecule has 1 saturated heterocycles. The van der Waals surface area contributed by atoms with Crippen molar-refractivity contribution in [1.82, 2.24) is 10.2 Å². The van der Waals surface area contributed by atoms with Gasteiger partial charge >= 0.3 is 12.0 Å². The summed E-state index contributed by atoms with van der Waals surface area (Å²) in [6, 6.07) is 0.423. The molecule has 0 aromatic rings. The van der Waals surface area contributed by atoms with Crippen LogP contribution in [0.4, 0.5) is 4.79 Å². The molecule has 0 aromatic heterocycles. The minimum Gasteiger partial charge on any atom is -0.481 e. The van der Waals surface area contributed by atoms with E-state index in [1.807, 2.05) is 11.8 Å². The molecule has 0 aromatic carbocycles. The Balaban J connectivity index is 1.81. The monoisotopic (exact) mass is 282 g/mol. The molecule has 2 amide bonds. The summed E-state index contributed by atoms with van der Waals surface area (Å²) in [5, 5.41) is 11.8. The van der Waals surface area contributed by atoms with E-state index in [1.54, 1.807) is 0 Å². The number of carbonyl (C=O) groups is 2. The van der Waals surface area contributed by atoms with Gasteiger partial charge in [-0.1, -0.05) is 26.2 Å². The van der Waals surface area contributed by atoms with Gasteiger partial charge in [-0.3, -0.25) is 4.79 Å². The number of fused-ring (bicyclic) bond motifs is 1. The molecule has 20 heavy (non-hydrogen) atoms. The van der Waals surface area contributed by atoms with Crippen LogP contribution in [0.3, 0.4) is 0 Å². The molecular weight excluding hydrogens is 256 g/mol. The molecule has 0 spiro atoms. The molecule has 1 aliphatic heterocycles. The third-order valence-corrected chi connectivity index (χ3v) is 4.85. The van der Waals surface area contributed by atoms with E-state index >= 15 is 0 Å². The lowest BCUT2D eigenvalue weighted by Crippen LogP contribution is -2.46. The first-order chi connectivity index (χ1) is 9.61. The fourth-order valence-corrected chi connectivity index (χ4v) is 3.60. The van der Waals surface area contributed by atoms with Crippen molar-refractivity contribution in [3.63, 3.8) is 0 Å². The molecule has 0 bridgehead atoms. The number of carboxylic acids is 1. The Kier molecular flexibility index (Phi) is 5.26. The van der Waals surface area contributed by atoms with Crippen LogP contribution in [0.5, 0.6) is 0 Å². The van der Waals surface area contributed by atoms with Crippen LogP contribution < -0.4 is 5.32 Å². The SMILES string of the molecule is CCC(CNC(=O)N1CCC2CCCCC21)CC(=O)O. The predicted molar refractivity (Wildman–Crippen MR) is 76.5 cm³/mol. The summed E-state index contributed by atoms with van der Waals surface area (Å²) >= 11 is 0. The van der Waals surface area contributed by atoms with Crippen LogP contribution in [-0.2, 0) is 4.79 Å². The first-order valence-corrected chi connectivity index (χ1v) is 7.88. The summed E-state index contributed by atoms with van der Waals surface area (Å²) in [6.45, 7) is 3.29. The molecule has 5 nitrogen and oxygen atoms in total. The molecule has 0 radical (unpaired) electrons. The Morgan fingerprint density at radius 1 is 1.30 bits per heavy atom. The molecular formula is C15H26N2O3. The van der Waals surface area contributed by atoms with Gasteiger partial charge in [0.15, 0.2) is 0 Å². The van der Waals surface area contributed by atoms with E-state index in [0.29, 0.717) is 18.5 Å². The third kappa shape index (κ3) is 3.64. The van der Waals surface area contributed by atoms with E-state index in [1.165, 1.54) is 19.3 Å². The Labute approximate surface area is 120 Å². The molecule has 5 heteroatoms. The molecule has 1 heterocycles. The minimum absolute atomic E-state index is 0.00300. The summed E-state index contributed by atoms with van der Waals surface area (Å²) in [6.07, 6.45) is 6.94. The number of hydrogen-bond donors (Lipinski definition) is 2. The molecule has 3 atom stereocenters. The smallest absolute Gasteiger partial charge is 0.317 e. The van der Waals surface area contributed by atoms with Crippen LogP contribution in [0, 0.1) is 11.8 Å². The normalized spacial score (nSPS) is 26.9. The van der Waals surface area contributed by atoms with Crippen LogP contribution in [0.2, 0.25) is 0 Å². The van der Waals surface area contributed by atoms with Crippen molar-refractivity contribution in [2.75, 3.05) is 13.1 Å². The van der Waals surface area contributed by atoms with Crippen molar-refractivity contribution in [3.8, 4) is 0 Å². The molecule has 2 rings (SSSR count). The maximum Gasteiger partial charge on any atom is 0.317 e. The fraction of sp³-hybridized carbons (Fsp3) is 0.867. The van der Waals surface area contributed by atoms with E-state index in [9.17, 15) is 9.59 Å². The lowest BCUT2D eigenvalue weighted by atomic mass is 9.85. The number of likely N-dealkylation sites (tertiary alicyclic amines) is 1. The zero-order valence-electron chi connectivity index (χ0n) is 12.3. The van der Waals surface area contributed by atoms with E-state index in [2.05, 4.69) is 5.32 Å². The van der Waals surface area contributed by atoms with Crippen molar-refractivity contribution in [3.05, 3.63) is 0 Å². The van der Waals surface area contributed by atoms with Gasteiger partial charge in [-0.05, 0) is 31.1 Å². The van der Waals surface area contributed by atoms with Crippen molar-refractivity contribution < 1.29 is 14.7 Å². The molecule has 1 saturated carbocycles. The highest BCUT2D eigenvalue weighted by molar-refractivity contribution is 5.75. The summed E-state index contributed by atoms with van der Waals surface area (Å²) in [5.41, 5.74) is 0. The van der Waals surface area contributed by atoms with Gasteiger partial charge in [0.1, 0.15) is 0 Å². The standard InChI is InChI=1S/C15H26N2O3/c1-2-11(9-14(18)19)10-16-15(20)17-8-7-12-5-3-4-6-13(12)17/h11-13H,2-10H2,1H3,(H,16,20)(H,18,19). The van der Waals surface area contributed by atoms with E-state index in [4.69, 9.17) is 5.11 Å². The molecule has 1 aliphatic carbocycles. The second-order valence-electron chi connectivity index (χ2n) is 6.15. The summed E-state index contributed by atoms with van der Waals surface area (Å²) in [5.74, 6) is -0.0729. The fourth-order valence-electron chi connectivity index (χ4n) is 3.60. The molecule has 2 fully saturated rings. The molecule has 2 N–H and O–H groups in total. The highest BCUT2D eigenvalue weighted by atomic mass is 16.4. The summed E-state index contributed by atoms with van der Waals surface area (Å²) < 4.78 is 0. The first-order valence-electron chi connectivity index (χ1n) is 7.88. The van der Waals surface area contributed by atoms with Gasteiger partial charge in [-0.25, -0.2) is 4.79 Å². The van der Waals surface area contributed by atoms with Gasteiger partial charge in [0.05, 0.1) is 0 Å². The quantitative estimate of drug-likeness (QED) is 0.813. The number of aliphatic carboxylic acids is 1. The molecule has 3 unspecified atom stereocenters. The average molecular weight is 282 g/mol. The number of rotatable bonds is 5. The molecule has 114 valence electrons. The highest BCUT2D eigenvalue weighted by Gasteiger charge is 2.38. The lowest BCUT2D eigenvalue weighted by molar-refractivity contribution is -0.138. The van der Waals surface area contributed by atoms with Gasteiger partial charge in [-0.2, -0.15) is 0 Å². The van der Waals surface area contributed by atoms with Crippen LogP contribution in [0.1, 0.15) is 51.9 Å². The second-order valence-corrected chi connectivity index (χ2v) is 6.15. The van der Waals surface area contributed by atoms with Crippen LogP contribution in [0.15, 0.2) is 0 Å². The topological polar surface area (TPSA) is 69.6 Å². The number of carboxylic acid groups (broad SMARTS) is 1. The number of urea groups is 1. The van der Waals surface area contributed by atoms with Gasteiger partial charge in [-0.15, -0.1) is 0 Å². The zero-order valence-corrected chi connectivity index (χ0v) is 12.3. The maximum absolute atomic E-state index is 12.3. The second kappa shape index (κ2) is 6.95. The number of nitrogens with one attached hydrogen (secondary N) is 1. The van der Waals surface area contributed by atoms with Crippen LogP contribution in [-0.4, -0.2) is 41.1 Å². The molecule has 2 aliphatic rings. The van der Waals surface area contributed by atoms with Crippen molar-refractivity contribution in [2.24, 2.45) is 11.8 Å². The van der Waals surface area contributed by atoms with Gasteiger partial charge in [0.2, 0.25) is 0 Å². The Morgan fingerprint density at radius 3 is 2.75 bits per heavy atom. The highest BCUT2D eigenvalue weighted by Crippen LogP contribution is 2.35. The summed E-state index contributed by atoms with van der Waals surface area (Å²) in [7, 11) is 0. The van der Waals surface area contributed by atoms with Crippen LogP contribution in [0.25, 0.3) is 0 Å². The third-order valence-electron chi connectivity index (χ3n) is 4.85. The van der Waals surface area contributed by atoms with Crippen molar-refractivity contribution >= 4 is 12.0 Å². The number of nitrogens with zero attached hydrogens (tertiary/aromatic N) is 1. The maximum atomic E-state index is 12.3. The average Bonchev–Trinajstić information content (AvgIpc) is 2.86. The van der Waals surface area contributed by atoms with E-state index in [0.717, 1.165) is 25.8 Å². The predicted octanol–water partition coefficient (Wildman–Crippen LogP) is 2.46. The Bertz CT molecular complexity index is 359. The van der Waals surface area contributed by atoms with E-state index in [-0.39, 0.29) is 18.4 Å². The number of hydrogen-bond acceptors (Lipinski definition) is 2. The van der Waals surface area contributed by atoms with E-state index < -0.39 is 5.97 Å². The largest absolute Gasteiger partial charge is 0.481 e. The van der Waals surface area contributed by atoms with Gasteiger partial charge in [0.25, 0.3) is 0 Å². The zero-order chi connectivity index (χ0) is 14.5.